The summed E-state index contributed by atoms with van der Waals surface area (Å²) >= 11 is 0. The van der Waals surface area contributed by atoms with Gasteiger partial charge in [0.1, 0.15) is 11.4 Å². The van der Waals surface area contributed by atoms with Crippen molar-refractivity contribution in [3.8, 4) is 0 Å². The minimum absolute atomic E-state index is 0.0904. The van der Waals surface area contributed by atoms with E-state index in [9.17, 15) is 9.59 Å². The third-order valence-corrected chi connectivity index (χ3v) is 6.06. The van der Waals surface area contributed by atoms with E-state index < -0.39 is 5.60 Å². The fourth-order valence-electron chi connectivity index (χ4n) is 4.29. The minimum Gasteiger partial charge on any atom is -0.460 e. The molecule has 194 valence electrons. The Balaban J connectivity index is 1.42. The molecular weight excluding hydrogens is 466 g/mol. The second-order valence-corrected chi connectivity index (χ2v) is 10.3. The molecule has 2 heterocycles. The summed E-state index contributed by atoms with van der Waals surface area (Å²) in [6.45, 7) is 8.22. The Morgan fingerprint density at radius 3 is 2.51 bits per heavy atom. The SMILES string of the molecule is Cc1nnc2c(NCCCCCC(=O)OC(C)(C)C)nc3cc(C(=O)CCc4ccccc4)ccc3n12. The maximum Gasteiger partial charge on any atom is 0.306 e. The zero-order valence-corrected chi connectivity index (χ0v) is 22.1. The van der Waals surface area contributed by atoms with Crippen LogP contribution in [0.2, 0.25) is 0 Å². The molecule has 0 spiro atoms. The van der Waals surface area contributed by atoms with E-state index in [1.165, 1.54) is 0 Å². The number of hydrogen-bond donors (Lipinski definition) is 1. The molecule has 4 rings (SSSR count). The first-order valence-corrected chi connectivity index (χ1v) is 12.9. The Morgan fingerprint density at radius 2 is 1.76 bits per heavy atom. The molecule has 0 aliphatic carbocycles. The first kappa shape index (κ1) is 26.3. The van der Waals surface area contributed by atoms with E-state index in [1.54, 1.807) is 0 Å². The fourth-order valence-corrected chi connectivity index (χ4v) is 4.29. The Hall–Kier alpha value is -3.81. The first-order valence-electron chi connectivity index (χ1n) is 12.9. The number of ketones is 1. The summed E-state index contributed by atoms with van der Waals surface area (Å²) < 4.78 is 7.33. The summed E-state index contributed by atoms with van der Waals surface area (Å²) in [6.07, 6.45) is 4.10. The van der Waals surface area contributed by atoms with Crippen molar-refractivity contribution in [2.45, 2.75) is 71.8 Å². The fraction of sp³-hybridized carbons (Fsp3) is 0.414. The molecular formula is C29H35N5O3. The Bertz CT molecular complexity index is 1390. The summed E-state index contributed by atoms with van der Waals surface area (Å²) in [5, 5.41) is 11.9. The normalized spacial score (nSPS) is 11.7. The smallest absolute Gasteiger partial charge is 0.306 e. The number of Topliss-reactive ketones (excluding diaryl/α,β-unsaturated/α-hetero) is 1. The number of benzene rings is 2. The van der Waals surface area contributed by atoms with Crippen molar-refractivity contribution in [3.05, 3.63) is 65.5 Å². The quantitative estimate of drug-likeness (QED) is 0.159. The lowest BCUT2D eigenvalue weighted by Gasteiger charge is -2.19. The standard InChI is InChI=1S/C29H35N5O3/c1-20-32-33-28-27(30-18-10-6-9-13-26(36)37-29(2,3)4)31-23-19-22(15-16-24(23)34(20)28)25(35)17-14-21-11-7-5-8-12-21/h5,7-8,11-12,15-16,19H,6,9-10,13-14,17-18H2,1-4H3,(H,30,31). The van der Waals surface area contributed by atoms with Crippen LogP contribution in [0.3, 0.4) is 0 Å². The van der Waals surface area contributed by atoms with Crippen LogP contribution in [-0.4, -0.2) is 43.5 Å². The summed E-state index contributed by atoms with van der Waals surface area (Å²) in [4.78, 5) is 29.6. The Morgan fingerprint density at radius 1 is 0.973 bits per heavy atom. The predicted molar refractivity (Wildman–Crippen MR) is 145 cm³/mol. The second-order valence-electron chi connectivity index (χ2n) is 10.3. The topological polar surface area (TPSA) is 98.5 Å². The van der Waals surface area contributed by atoms with Crippen LogP contribution >= 0.6 is 0 Å². The molecule has 0 saturated heterocycles. The van der Waals surface area contributed by atoms with Gasteiger partial charge < -0.3 is 10.1 Å². The van der Waals surface area contributed by atoms with E-state index in [0.717, 1.165) is 36.2 Å². The minimum atomic E-state index is -0.450. The zero-order chi connectivity index (χ0) is 26.4. The number of anilines is 1. The van der Waals surface area contributed by atoms with Crippen molar-refractivity contribution in [3.63, 3.8) is 0 Å². The summed E-state index contributed by atoms with van der Waals surface area (Å²) in [5.41, 5.74) is 3.58. The average Bonchev–Trinajstić information content (AvgIpc) is 3.25. The van der Waals surface area contributed by atoms with Gasteiger partial charge in [-0.3, -0.25) is 14.0 Å². The number of carbonyl (C=O) groups excluding carboxylic acids is 2. The number of nitrogens with zero attached hydrogens (tertiary/aromatic N) is 4. The number of nitrogens with one attached hydrogen (secondary N) is 1. The Labute approximate surface area is 217 Å². The monoisotopic (exact) mass is 501 g/mol. The molecule has 0 atom stereocenters. The van der Waals surface area contributed by atoms with Gasteiger partial charge in [-0.15, -0.1) is 10.2 Å². The maximum absolute atomic E-state index is 12.9. The molecule has 0 aliphatic rings. The molecule has 2 aromatic carbocycles. The second kappa shape index (κ2) is 11.5. The van der Waals surface area contributed by atoms with Gasteiger partial charge in [-0.2, -0.15) is 0 Å². The largest absolute Gasteiger partial charge is 0.460 e. The van der Waals surface area contributed by atoms with E-state index in [4.69, 9.17) is 9.72 Å². The molecule has 2 aromatic heterocycles. The van der Waals surface area contributed by atoms with Crippen LogP contribution < -0.4 is 5.32 Å². The van der Waals surface area contributed by atoms with E-state index in [-0.39, 0.29) is 11.8 Å². The number of rotatable bonds is 11. The van der Waals surface area contributed by atoms with Gasteiger partial charge in [0.2, 0.25) is 5.65 Å². The maximum atomic E-state index is 12.9. The number of ether oxygens (including phenoxy) is 1. The molecule has 37 heavy (non-hydrogen) atoms. The molecule has 8 nitrogen and oxygen atoms in total. The van der Waals surface area contributed by atoms with E-state index in [2.05, 4.69) is 15.5 Å². The van der Waals surface area contributed by atoms with Crippen LogP contribution in [0, 0.1) is 6.92 Å². The van der Waals surface area contributed by atoms with E-state index >= 15 is 0 Å². The van der Waals surface area contributed by atoms with Gasteiger partial charge in [0.25, 0.3) is 0 Å². The van der Waals surface area contributed by atoms with Crippen LogP contribution in [0.5, 0.6) is 0 Å². The molecule has 8 heteroatoms. The third kappa shape index (κ3) is 6.90. The van der Waals surface area contributed by atoms with Crippen molar-refractivity contribution in [1.29, 1.82) is 0 Å². The molecule has 1 N–H and O–H groups in total. The van der Waals surface area contributed by atoms with Gasteiger partial charge in [-0.1, -0.05) is 36.8 Å². The van der Waals surface area contributed by atoms with Crippen LogP contribution in [-0.2, 0) is 16.0 Å². The van der Waals surface area contributed by atoms with Crippen molar-refractivity contribution >= 4 is 34.3 Å². The Kier molecular flexibility index (Phi) is 8.16. The van der Waals surface area contributed by atoms with Crippen LogP contribution in [0.25, 0.3) is 16.7 Å². The summed E-state index contributed by atoms with van der Waals surface area (Å²) in [5.74, 6) is 1.32. The van der Waals surface area contributed by atoms with Crippen LogP contribution in [0.1, 0.15) is 74.6 Å². The first-order chi connectivity index (χ1) is 17.7. The molecule has 0 fully saturated rings. The highest BCUT2D eigenvalue weighted by Crippen LogP contribution is 2.23. The summed E-state index contributed by atoms with van der Waals surface area (Å²) in [7, 11) is 0. The molecule has 0 bridgehead atoms. The highest BCUT2D eigenvalue weighted by Gasteiger charge is 2.17. The van der Waals surface area contributed by atoms with Gasteiger partial charge in [0.05, 0.1) is 11.0 Å². The molecule has 0 saturated carbocycles. The van der Waals surface area contributed by atoms with E-state index in [0.29, 0.717) is 48.4 Å². The zero-order valence-electron chi connectivity index (χ0n) is 22.1. The van der Waals surface area contributed by atoms with Crippen molar-refractivity contribution in [1.82, 2.24) is 19.6 Å². The van der Waals surface area contributed by atoms with Crippen LogP contribution in [0.4, 0.5) is 5.82 Å². The van der Waals surface area contributed by atoms with Crippen molar-refractivity contribution in [2.75, 3.05) is 11.9 Å². The lowest BCUT2D eigenvalue weighted by Crippen LogP contribution is -2.23. The van der Waals surface area contributed by atoms with Crippen molar-refractivity contribution in [2.24, 2.45) is 0 Å². The molecule has 0 aliphatic heterocycles. The molecule has 0 unspecified atom stereocenters. The van der Waals surface area contributed by atoms with Crippen LogP contribution in [0.15, 0.2) is 48.5 Å². The highest BCUT2D eigenvalue weighted by molar-refractivity contribution is 5.99. The third-order valence-electron chi connectivity index (χ3n) is 6.06. The number of esters is 1. The molecule has 0 radical (unpaired) electrons. The molecule has 4 aromatic rings. The lowest BCUT2D eigenvalue weighted by molar-refractivity contribution is -0.154. The number of aromatic nitrogens is 4. The average molecular weight is 502 g/mol. The van der Waals surface area contributed by atoms with E-state index in [1.807, 2.05) is 80.6 Å². The van der Waals surface area contributed by atoms with Gasteiger partial charge in [0, 0.05) is 24.9 Å². The van der Waals surface area contributed by atoms with Gasteiger partial charge in [-0.25, -0.2) is 4.98 Å². The number of unbranched alkanes of at least 4 members (excludes halogenated alkanes) is 2. The predicted octanol–water partition coefficient (Wildman–Crippen LogP) is 5.72. The number of hydrogen-bond acceptors (Lipinski definition) is 7. The lowest BCUT2D eigenvalue weighted by atomic mass is 10.0. The molecule has 0 amide bonds. The van der Waals surface area contributed by atoms with Gasteiger partial charge >= 0.3 is 5.97 Å². The number of fused-ring (bicyclic) bond motifs is 3. The highest BCUT2D eigenvalue weighted by atomic mass is 16.6. The van der Waals surface area contributed by atoms with Crippen molar-refractivity contribution < 1.29 is 14.3 Å². The number of carbonyl (C=O) groups is 2. The summed E-state index contributed by atoms with van der Waals surface area (Å²) in [6, 6.07) is 15.7. The van der Waals surface area contributed by atoms with Gasteiger partial charge in [0.15, 0.2) is 11.6 Å². The van der Waals surface area contributed by atoms with Gasteiger partial charge in [-0.05, 0) is 70.7 Å². The number of aryl methyl sites for hydroxylation is 2.